The van der Waals surface area contributed by atoms with E-state index in [-0.39, 0.29) is 0 Å². The molecule has 0 radical (unpaired) electrons. The van der Waals surface area contributed by atoms with Crippen molar-refractivity contribution in [3.63, 3.8) is 0 Å². The van der Waals surface area contributed by atoms with Crippen LogP contribution in [-0.4, -0.2) is 18.9 Å². The Bertz CT molecular complexity index is 3000. The van der Waals surface area contributed by atoms with E-state index in [4.69, 9.17) is 9.97 Å². The van der Waals surface area contributed by atoms with Crippen LogP contribution in [0.4, 0.5) is 0 Å². The van der Waals surface area contributed by atoms with Crippen molar-refractivity contribution < 1.29 is 0 Å². The average molecular weight is 559 g/mol. The van der Waals surface area contributed by atoms with Gasteiger partial charge in [-0.3, -0.25) is 9.55 Å². The first-order chi connectivity index (χ1) is 21.8. The number of hydrogen-bond acceptors (Lipinski definition) is 2. The minimum atomic E-state index is 0.897. The van der Waals surface area contributed by atoms with Crippen molar-refractivity contribution in [3.8, 4) is 5.82 Å². The van der Waals surface area contributed by atoms with E-state index in [0.29, 0.717) is 0 Å². The highest BCUT2D eigenvalue weighted by molar-refractivity contribution is 6.37. The number of aromatic nitrogens is 4. The molecule has 0 spiro atoms. The number of hydrogen-bond donors (Lipinski definition) is 0. The van der Waals surface area contributed by atoms with Crippen molar-refractivity contribution in [2.75, 3.05) is 0 Å². The van der Waals surface area contributed by atoms with Gasteiger partial charge in [-0.05, 0) is 41.8 Å². The van der Waals surface area contributed by atoms with Gasteiger partial charge in [0.2, 0.25) is 0 Å². The molecule has 4 nitrogen and oxygen atoms in total. The zero-order valence-corrected chi connectivity index (χ0v) is 23.5. The molecule has 5 aromatic heterocycles. The zero-order chi connectivity index (χ0) is 28.5. The van der Waals surface area contributed by atoms with Crippen LogP contribution in [0.3, 0.4) is 0 Å². The maximum absolute atomic E-state index is 5.33. The number of nitrogens with zero attached hydrogens (tertiary/aromatic N) is 4. The largest absolute Gasteiger partial charge is 0.307 e. The lowest BCUT2D eigenvalue weighted by Crippen LogP contribution is -1.98. The van der Waals surface area contributed by atoms with Crippen LogP contribution in [0.15, 0.2) is 134 Å². The molecule has 0 N–H and O–H groups in total. The van der Waals surface area contributed by atoms with Gasteiger partial charge in [-0.1, -0.05) is 91.0 Å². The Morgan fingerprint density at radius 3 is 2.05 bits per heavy atom. The Balaban J connectivity index is 1.40. The van der Waals surface area contributed by atoms with E-state index in [1.165, 1.54) is 59.6 Å². The number of pyridine rings is 2. The third-order valence-electron chi connectivity index (χ3n) is 9.63. The molecule has 0 amide bonds. The second-order valence-corrected chi connectivity index (χ2v) is 11.8. The molecule has 0 aliphatic carbocycles. The second-order valence-electron chi connectivity index (χ2n) is 11.8. The van der Waals surface area contributed by atoms with Crippen molar-refractivity contribution >= 4 is 92.5 Å². The van der Waals surface area contributed by atoms with Crippen LogP contribution in [0.1, 0.15) is 0 Å². The van der Waals surface area contributed by atoms with Gasteiger partial charge in [-0.25, -0.2) is 4.98 Å². The predicted molar refractivity (Wildman–Crippen MR) is 184 cm³/mol. The average Bonchev–Trinajstić information content (AvgIpc) is 3.72. The maximum Gasteiger partial charge on any atom is 0.138 e. The molecular formula is C40H22N4. The van der Waals surface area contributed by atoms with E-state index < -0.39 is 0 Å². The normalized spacial score (nSPS) is 12.5. The van der Waals surface area contributed by atoms with Crippen LogP contribution in [0.2, 0.25) is 0 Å². The van der Waals surface area contributed by atoms with Gasteiger partial charge < -0.3 is 4.40 Å². The molecule has 4 heteroatoms. The second kappa shape index (κ2) is 7.88. The van der Waals surface area contributed by atoms with Crippen molar-refractivity contribution in [1.29, 1.82) is 0 Å². The van der Waals surface area contributed by atoms with E-state index in [0.717, 1.165) is 38.7 Å². The van der Waals surface area contributed by atoms with E-state index in [2.05, 4.69) is 130 Å². The minimum absolute atomic E-state index is 0.897. The molecule has 0 bridgehead atoms. The standard InChI is InChI=1S/C40H22N4/c1-2-10-26-23(8-1)17-19-29-36-35-28-12-4-6-14-32(28)43(34-20-18-25-16-15-24-9-7-21-41-37(24)38(25)42-34)33(35)22-30-27-11-3-5-13-31(27)44(39(26)29)40(30)36/h1-22H. The summed E-state index contributed by atoms with van der Waals surface area (Å²) in [6.07, 6.45) is 1.85. The Labute approximate surface area is 250 Å². The van der Waals surface area contributed by atoms with Crippen molar-refractivity contribution in [2.24, 2.45) is 0 Å². The molecule has 0 fully saturated rings. The van der Waals surface area contributed by atoms with Gasteiger partial charge in [0.15, 0.2) is 0 Å². The molecular weight excluding hydrogens is 536 g/mol. The summed E-state index contributed by atoms with van der Waals surface area (Å²) in [5.41, 5.74) is 7.96. The van der Waals surface area contributed by atoms with E-state index >= 15 is 0 Å². The molecule has 0 unspecified atom stereocenters. The number of para-hydroxylation sites is 2. The Morgan fingerprint density at radius 2 is 1.14 bits per heavy atom. The minimum Gasteiger partial charge on any atom is -0.307 e. The first kappa shape index (κ1) is 22.6. The number of rotatable bonds is 1. The van der Waals surface area contributed by atoms with Crippen LogP contribution in [0.25, 0.3) is 98.3 Å². The van der Waals surface area contributed by atoms with E-state index in [9.17, 15) is 0 Å². The third kappa shape index (κ3) is 2.65. The van der Waals surface area contributed by atoms with Gasteiger partial charge in [0.05, 0.1) is 38.6 Å². The maximum atomic E-state index is 5.33. The smallest absolute Gasteiger partial charge is 0.138 e. The Kier molecular flexibility index (Phi) is 4.04. The molecule has 202 valence electrons. The number of benzene rings is 6. The molecule has 11 rings (SSSR count). The fourth-order valence-corrected chi connectivity index (χ4v) is 7.85. The number of fused-ring (bicyclic) bond motifs is 15. The van der Waals surface area contributed by atoms with E-state index in [1.807, 2.05) is 12.3 Å². The van der Waals surface area contributed by atoms with Crippen LogP contribution in [0.5, 0.6) is 0 Å². The molecule has 0 aliphatic heterocycles. The van der Waals surface area contributed by atoms with Crippen LogP contribution in [0, 0.1) is 0 Å². The summed E-state index contributed by atoms with van der Waals surface area (Å²) in [7, 11) is 0. The highest BCUT2D eigenvalue weighted by Gasteiger charge is 2.25. The highest BCUT2D eigenvalue weighted by atomic mass is 15.1. The molecule has 0 saturated carbocycles. The lowest BCUT2D eigenvalue weighted by Gasteiger charge is -2.10. The summed E-state index contributed by atoms with van der Waals surface area (Å²) >= 11 is 0. The first-order valence-corrected chi connectivity index (χ1v) is 15.0. The lowest BCUT2D eigenvalue weighted by atomic mass is 10.00. The molecule has 0 atom stereocenters. The summed E-state index contributed by atoms with van der Waals surface area (Å²) < 4.78 is 4.86. The van der Waals surface area contributed by atoms with Gasteiger partial charge >= 0.3 is 0 Å². The fourth-order valence-electron chi connectivity index (χ4n) is 7.85. The van der Waals surface area contributed by atoms with Gasteiger partial charge in [0, 0.05) is 54.7 Å². The topological polar surface area (TPSA) is 35.1 Å². The molecule has 11 aromatic rings. The summed E-state index contributed by atoms with van der Waals surface area (Å²) in [5, 5.41) is 12.3. The quantitative estimate of drug-likeness (QED) is 0.188. The van der Waals surface area contributed by atoms with E-state index in [1.54, 1.807) is 0 Å². The van der Waals surface area contributed by atoms with Gasteiger partial charge in [0.25, 0.3) is 0 Å². The van der Waals surface area contributed by atoms with Gasteiger partial charge in [0.1, 0.15) is 5.82 Å². The SMILES string of the molecule is c1ccc2c(c1)ccc1c3c4c5ccccc5n(-c5ccc6ccc7cccnc7c6n5)c4cc4c5ccccc5n(c21)c43. The van der Waals surface area contributed by atoms with Crippen molar-refractivity contribution in [3.05, 3.63) is 134 Å². The molecule has 0 aliphatic rings. The Morgan fingerprint density at radius 1 is 0.432 bits per heavy atom. The monoisotopic (exact) mass is 558 g/mol. The molecule has 44 heavy (non-hydrogen) atoms. The summed E-state index contributed by atoms with van der Waals surface area (Å²) in [6.45, 7) is 0. The summed E-state index contributed by atoms with van der Waals surface area (Å²) in [6, 6.07) is 46.0. The van der Waals surface area contributed by atoms with Crippen molar-refractivity contribution in [1.82, 2.24) is 18.9 Å². The van der Waals surface area contributed by atoms with Crippen molar-refractivity contribution in [2.45, 2.75) is 0 Å². The lowest BCUT2D eigenvalue weighted by molar-refractivity contribution is 1.10. The zero-order valence-electron chi connectivity index (χ0n) is 23.5. The molecule has 6 aromatic carbocycles. The third-order valence-corrected chi connectivity index (χ3v) is 9.63. The molecule has 5 heterocycles. The molecule has 0 saturated heterocycles. The predicted octanol–water partition coefficient (Wildman–Crippen LogP) is 10.2. The van der Waals surface area contributed by atoms with Crippen LogP contribution < -0.4 is 0 Å². The van der Waals surface area contributed by atoms with Gasteiger partial charge in [-0.15, -0.1) is 0 Å². The first-order valence-electron chi connectivity index (χ1n) is 15.0. The van der Waals surface area contributed by atoms with Crippen LogP contribution >= 0.6 is 0 Å². The van der Waals surface area contributed by atoms with Gasteiger partial charge in [-0.2, -0.15) is 0 Å². The fraction of sp³-hybridized carbons (Fsp3) is 0. The highest BCUT2D eigenvalue weighted by Crippen LogP contribution is 2.47. The van der Waals surface area contributed by atoms with Crippen LogP contribution in [-0.2, 0) is 0 Å². The summed E-state index contributed by atoms with van der Waals surface area (Å²) in [4.78, 5) is 10.1. The Hall–Kier alpha value is -6.00. The summed E-state index contributed by atoms with van der Waals surface area (Å²) in [5.74, 6) is 0.897.